The van der Waals surface area contributed by atoms with Gasteiger partial charge >= 0.3 is 6.18 Å². The molecular formula is C17H14ClF3N2O3S. The lowest BCUT2D eigenvalue weighted by molar-refractivity contribution is -0.137. The Balaban J connectivity index is 2.11. The van der Waals surface area contributed by atoms with Crippen LogP contribution in [0, 0.1) is 0 Å². The fraction of sp³-hybridized carbons (Fsp3) is 0.176. The second kappa shape index (κ2) is 8.45. The van der Waals surface area contributed by atoms with E-state index in [4.69, 9.17) is 33.3 Å². The van der Waals surface area contributed by atoms with Crippen molar-refractivity contribution in [2.75, 3.05) is 19.5 Å². The summed E-state index contributed by atoms with van der Waals surface area (Å²) in [6.07, 6.45) is -4.51. The molecule has 2 aromatic carbocycles. The summed E-state index contributed by atoms with van der Waals surface area (Å²) in [5, 5.41) is 4.66. The molecule has 0 aromatic heterocycles. The Kier molecular flexibility index (Phi) is 6.50. The zero-order chi connectivity index (χ0) is 20.2. The van der Waals surface area contributed by atoms with E-state index < -0.39 is 17.6 Å². The number of rotatable bonds is 4. The molecule has 0 heterocycles. The standard InChI is InChI=1S/C17H14ClF3N2O3S/c1-25-10-4-5-11(14(8-10)26-2)15(24)23-16(27)22-13-6-3-9(7-12(13)18)17(19,20)21/h3-8H,1-2H3,(H2,22,23,24,27). The monoisotopic (exact) mass is 418 g/mol. The van der Waals surface area contributed by atoms with Gasteiger partial charge in [0.25, 0.3) is 5.91 Å². The summed E-state index contributed by atoms with van der Waals surface area (Å²) >= 11 is 10.9. The lowest BCUT2D eigenvalue weighted by Gasteiger charge is -2.14. The van der Waals surface area contributed by atoms with Crippen LogP contribution in [0.3, 0.4) is 0 Å². The topological polar surface area (TPSA) is 59.6 Å². The minimum Gasteiger partial charge on any atom is -0.497 e. The number of alkyl halides is 3. The molecule has 0 aliphatic heterocycles. The Morgan fingerprint density at radius 2 is 1.81 bits per heavy atom. The molecule has 0 spiro atoms. The largest absolute Gasteiger partial charge is 0.497 e. The third-order valence-corrected chi connectivity index (χ3v) is 3.94. The third-order valence-electron chi connectivity index (χ3n) is 3.42. The highest BCUT2D eigenvalue weighted by Crippen LogP contribution is 2.33. The SMILES string of the molecule is COc1ccc(C(=O)NC(=S)Nc2ccc(C(F)(F)F)cc2Cl)c(OC)c1. The predicted octanol–water partition coefficient (Wildman–Crippen LogP) is 4.50. The number of hydrogen-bond donors (Lipinski definition) is 2. The maximum absolute atomic E-state index is 12.7. The molecule has 2 aromatic rings. The molecule has 0 atom stereocenters. The average Bonchev–Trinajstić information content (AvgIpc) is 2.61. The summed E-state index contributed by atoms with van der Waals surface area (Å²) in [5.74, 6) is 0.192. The van der Waals surface area contributed by atoms with E-state index >= 15 is 0 Å². The normalized spacial score (nSPS) is 10.9. The van der Waals surface area contributed by atoms with Crippen molar-refractivity contribution in [1.82, 2.24) is 5.32 Å². The van der Waals surface area contributed by atoms with Gasteiger partial charge in [-0.3, -0.25) is 10.1 Å². The molecule has 5 nitrogen and oxygen atoms in total. The summed E-state index contributed by atoms with van der Waals surface area (Å²) < 4.78 is 48.2. The molecule has 2 N–H and O–H groups in total. The van der Waals surface area contributed by atoms with Crippen LogP contribution in [0.25, 0.3) is 0 Å². The Hall–Kier alpha value is -2.52. The van der Waals surface area contributed by atoms with Gasteiger partial charge in [0.15, 0.2) is 5.11 Å². The molecule has 27 heavy (non-hydrogen) atoms. The molecular weight excluding hydrogens is 405 g/mol. The van der Waals surface area contributed by atoms with Gasteiger partial charge in [-0.1, -0.05) is 11.6 Å². The van der Waals surface area contributed by atoms with Crippen LogP contribution < -0.4 is 20.1 Å². The lowest BCUT2D eigenvalue weighted by atomic mass is 10.1. The minimum absolute atomic E-state index is 0.122. The molecule has 0 saturated carbocycles. The van der Waals surface area contributed by atoms with E-state index in [1.165, 1.54) is 26.4 Å². The molecule has 144 valence electrons. The first-order valence-corrected chi connectivity index (χ1v) is 8.15. The van der Waals surface area contributed by atoms with Crippen LogP contribution in [0.4, 0.5) is 18.9 Å². The van der Waals surface area contributed by atoms with Crippen molar-refractivity contribution >= 4 is 40.5 Å². The van der Waals surface area contributed by atoms with Gasteiger partial charge in [0, 0.05) is 6.07 Å². The van der Waals surface area contributed by atoms with Crippen molar-refractivity contribution in [3.8, 4) is 11.5 Å². The van der Waals surface area contributed by atoms with Gasteiger partial charge in [-0.2, -0.15) is 13.2 Å². The molecule has 1 amide bonds. The third kappa shape index (κ3) is 5.24. The van der Waals surface area contributed by atoms with Crippen LogP contribution in [-0.4, -0.2) is 25.2 Å². The average molecular weight is 419 g/mol. The van der Waals surface area contributed by atoms with Gasteiger partial charge in [-0.05, 0) is 42.5 Å². The molecule has 0 saturated heterocycles. The van der Waals surface area contributed by atoms with E-state index in [9.17, 15) is 18.0 Å². The number of ether oxygens (including phenoxy) is 2. The van der Waals surface area contributed by atoms with Gasteiger partial charge < -0.3 is 14.8 Å². The number of amides is 1. The highest BCUT2D eigenvalue weighted by atomic mass is 35.5. The van der Waals surface area contributed by atoms with E-state index in [2.05, 4.69) is 10.6 Å². The van der Waals surface area contributed by atoms with Crippen molar-refractivity contribution in [1.29, 1.82) is 0 Å². The van der Waals surface area contributed by atoms with E-state index in [0.29, 0.717) is 5.75 Å². The zero-order valence-corrected chi connectivity index (χ0v) is 15.7. The molecule has 0 unspecified atom stereocenters. The highest BCUT2D eigenvalue weighted by Gasteiger charge is 2.31. The Morgan fingerprint density at radius 3 is 2.37 bits per heavy atom. The molecule has 0 radical (unpaired) electrons. The minimum atomic E-state index is -4.51. The number of carbonyl (C=O) groups excluding carboxylic acids is 1. The van der Waals surface area contributed by atoms with Crippen LogP contribution in [0.5, 0.6) is 11.5 Å². The first-order chi connectivity index (χ1) is 12.7. The number of benzene rings is 2. The molecule has 2 rings (SSSR count). The summed E-state index contributed by atoms with van der Waals surface area (Å²) in [6, 6.07) is 7.32. The molecule has 0 aliphatic carbocycles. The number of carbonyl (C=O) groups is 1. The fourth-order valence-electron chi connectivity index (χ4n) is 2.10. The Morgan fingerprint density at radius 1 is 1.11 bits per heavy atom. The lowest BCUT2D eigenvalue weighted by Crippen LogP contribution is -2.34. The maximum atomic E-state index is 12.7. The maximum Gasteiger partial charge on any atom is 0.416 e. The molecule has 0 bridgehead atoms. The van der Waals surface area contributed by atoms with E-state index in [0.717, 1.165) is 18.2 Å². The van der Waals surface area contributed by atoms with Crippen LogP contribution in [0.15, 0.2) is 36.4 Å². The number of hydrogen-bond acceptors (Lipinski definition) is 4. The van der Waals surface area contributed by atoms with Gasteiger partial charge in [0.1, 0.15) is 11.5 Å². The summed E-state index contributed by atoms with van der Waals surface area (Å²) in [5.41, 5.74) is -0.575. The van der Waals surface area contributed by atoms with Crippen molar-refractivity contribution in [3.05, 3.63) is 52.5 Å². The fourth-order valence-corrected chi connectivity index (χ4v) is 2.53. The zero-order valence-electron chi connectivity index (χ0n) is 14.1. The number of nitrogens with one attached hydrogen (secondary N) is 2. The van der Waals surface area contributed by atoms with Crippen LogP contribution in [0.1, 0.15) is 15.9 Å². The smallest absolute Gasteiger partial charge is 0.416 e. The summed E-state index contributed by atoms with van der Waals surface area (Å²) in [4.78, 5) is 12.4. The van der Waals surface area contributed by atoms with Crippen molar-refractivity contribution in [2.24, 2.45) is 0 Å². The summed E-state index contributed by atoms with van der Waals surface area (Å²) in [6.45, 7) is 0. The van der Waals surface area contributed by atoms with Gasteiger partial charge in [-0.15, -0.1) is 0 Å². The highest BCUT2D eigenvalue weighted by molar-refractivity contribution is 7.80. The van der Waals surface area contributed by atoms with Gasteiger partial charge in [-0.25, -0.2) is 0 Å². The van der Waals surface area contributed by atoms with Crippen molar-refractivity contribution < 1.29 is 27.4 Å². The second-order valence-electron chi connectivity index (χ2n) is 5.17. The van der Waals surface area contributed by atoms with Gasteiger partial charge in [0.05, 0.1) is 36.1 Å². The van der Waals surface area contributed by atoms with E-state index in [1.807, 2.05) is 0 Å². The van der Waals surface area contributed by atoms with E-state index in [-0.39, 0.29) is 27.1 Å². The van der Waals surface area contributed by atoms with Crippen molar-refractivity contribution in [2.45, 2.75) is 6.18 Å². The second-order valence-corrected chi connectivity index (χ2v) is 5.98. The van der Waals surface area contributed by atoms with Crippen LogP contribution >= 0.6 is 23.8 Å². The number of anilines is 1. The van der Waals surface area contributed by atoms with Gasteiger partial charge in [0.2, 0.25) is 0 Å². The van der Waals surface area contributed by atoms with Crippen molar-refractivity contribution in [3.63, 3.8) is 0 Å². The summed E-state index contributed by atoms with van der Waals surface area (Å²) in [7, 11) is 2.87. The van der Waals surface area contributed by atoms with Crippen LogP contribution in [-0.2, 0) is 6.18 Å². The number of thiocarbonyl (C=S) groups is 1. The predicted molar refractivity (Wildman–Crippen MR) is 99.7 cm³/mol. The Labute approximate surface area is 163 Å². The first-order valence-electron chi connectivity index (χ1n) is 7.36. The molecule has 0 fully saturated rings. The quantitative estimate of drug-likeness (QED) is 0.716. The van der Waals surface area contributed by atoms with Crippen LogP contribution in [0.2, 0.25) is 5.02 Å². The van der Waals surface area contributed by atoms with E-state index in [1.54, 1.807) is 6.07 Å². The molecule has 10 heteroatoms. The Bertz CT molecular complexity index is 875. The number of halogens is 4. The first kappa shape index (κ1) is 20.8. The number of methoxy groups -OCH3 is 2. The molecule has 0 aliphatic rings.